The molecule has 1 aromatic rings. The van der Waals surface area contributed by atoms with Crippen LogP contribution in [0.15, 0.2) is 11.1 Å². The van der Waals surface area contributed by atoms with Crippen LogP contribution in [-0.4, -0.2) is 47.4 Å². The Bertz CT molecular complexity index is 470. The van der Waals surface area contributed by atoms with Crippen LogP contribution in [0.4, 0.5) is 0 Å². The molecule has 5 nitrogen and oxygen atoms in total. The number of hydrogen-bond acceptors (Lipinski definition) is 3. The molecular weight excluding hydrogens is 306 g/mol. The molecule has 0 aliphatic carbocycles. The Balaban J connectivity index is 2.40. The number of unbranched alkanes of at least 4 members (excludes halogenated alkanes) is 1. The molecule has 0 fully saturated rings. The summed E-state index contributed by atoms with van der Waals surface area (Å²) in [4.78, 5) is 4.71. The van der Waals surface area contributed by atoms with Gasteiger partial charge in [0.1, 0.15) is 0 Å². The maximum absolute atomic E-state index is 4.71. The Labute approximate surface area is 145 Å². The van der Waals surface area contributed by atoms with Gasteiger partial charge in [0.25, 0.3) is 0 Å². The summed E-state index contributed by atoms with van der Waals surface area (Å²) in [5.74, 6) is 2.62. The van der Waals surface area contributed by atoms with E-state index in [1.165, 1.54) is 24.3 Å². The molecule has 0 aliphatic heterocycles. The Hall–Kier alpha value is -1.17. The molecule has 0 spiro atoms. The van der Waals surface area contributed by atoms with E-state index in [0.29, 0.717) is 5.92 Å². The van der Waals surface area contributed by atoms with E-state index in [1.54, 1.807) is 0 Å². The van der Waals surface area contributed by atoms with E-state index < -0.39 is 0 Å². The minimum atomic E-state index is 0.458. The maximum atomic E-state index is 4.71. The molecular formula is C17H33N5S. The third-order valence-corrected chi connectivity index (χ3v) is 4.26. The number of nitrogens with zero attached hydrogens (tertiary/aromatic N) is 3. The van der Waals surface area contributed by atoms with Crippen molar-refractivity contribution in [3.8, 4) is 0 Å². The molecule has 6 heteroatoms. The number of aromatic nitrogens is 2. The van der Waals surface area contributed by atoms with Gasteiger partial charge in [0, 0.05) is 31.9 Å². The Morgan fingerprint density at radius 1 is 1.35 bits per heavy atom. The molecule has 1 rings (SSSR count). The average Bonchev–Trinajstić information content (AvgIpc) is 2.82. The van der Waals surface area contributed by atoms with Crippen LogP contribution in [0.1, 0.15) is 38.1 Å². The van der Waals surface area contributed by atoms with Crippen LogP contribution >= 0.6 is 11.8 Å². The number of aliphatic imine (C=N–C) groups is 1. The Morgan fingerprint density at radius 2 is 2.13 bits per heavy atom. The van der Waals surface area contributed by atoms with E-state index in [-0.39, 0.29) is 0 Å². The second-order valence-electron chi connectivity index (χ2n) is 6.06. The number of nitrogens with one attached hydrogen (secondary N) is 2. The van der Waals surface area contributed by atoms with Gasteiger partial charge in [-0.25, -0.2) is 0 Å². The first-order chi connectivity index (χ1) is 11.1. The minimum absolute atomic E-state index is 0.458. The van der Waals surface area contributed by atoms with Gasteiger partial charge in [-0.1, -0.05) is 6.92 Å². The number of rotatable bonds is 10. The molecule has 0 saturated carbocycles. The summed E-state index contributed by atoms with van der Waals surface area (Å²) in [5.41, 5.74) is 2.30. The molecule has 1 aromatic heterocycles. The molecule has 1 atom stereocenters. The summed E-state index contributed by atoms with van der Waals surface area (Å²) in [5, 5.41) is 11.3. The predicted octanol–water partition coefficient (Wildman–Crippen LogP) is 2.83. The van der Waals surface area contributed by atoms with Gasteiger partial charge in [0.05, 0.1) is 5.69 Å². The zero-order chi connectivity index (χ0) is 17.1. The highest BCUT2D eigenvalue weighted by Gasteiger charge is 2.07. The fourth-order valence-corrected chi connectivity index (χ4v) is 2.87. The van der Waals surface area contributed by atoms with Crippen molar-refractivity contribution in [2.75, 3.05) is 31.6 Å². The molecule has 0 amide bonds. The highest BCUT2D eigenvalue weighted by Crippen LogP contribution is 2.06. The van der Waals surface area contributed by atoms with Gasteiger partial charge in [0.15, 0.2) is 5.96 Å². The van der Waals surface area contributed by atoms with E-state index >= 15 is 0 Å². The Morgan fingerprint density at radius 3 is 2.74 bits per heavy atom. The van der Waals surface area contributed by atoms with E-state index in [0.717, 1.165) is 37.8 Å². The quantitative estimate of drug-likeness (QED) is 0.391. The Kier molecular flexibility index (Phi) is 9.83. The number of thioether (sulfide) groups is 1. The summed E-state index contributed by atoms with van der Waals surface area (Å²) >= 11 is 1.91. The number of hydrogen-bond donors (Lipinski definition) is 2. The molecule has 0 aliphatic rings. The SMILES string of the molecule is CCNC(=NCC(C)Cn1nc(C)cc1C)NCCCCSC. The predicted molar refractivity (Wildman–Crippen MR) is 102 cm³/mol. The van der Waals surface area contributed by atoms with E-state index in [1.807, 2.05) is 18.7 Å². The van der Waals surface area contributed by atoms with Crippen molar-refractivity contribution < 1.29 is 0 Å². The monoisotopic (exact) mass is 339 g/mol. The fraction of sp³-hybridized carbons (Fsp3) is 0.765. The van der Waals surface area contributed by atoms with Crippen LogP contribution in [0.5, 0.6) is 0 Å². The fourth-order valence-electron chi connectivity index (χ4n) is 2.38. The smallest absolute Gasteiger partial charge is 0.191 e. The maximum Gasteiger partial charge on any atom is 0.191 e. The lowest BCUT2D eigenvalue weighted by atomic mass is 10.2. The molecule has 2 N–H and O–H groups in total. The van der Waals surface area contributed by atoms with Crippen LogP contribution in [-0.2, 0) is 6.54 Å². The lowest BCUT2D eigenvalue weighted by molar-refractivity contribution is 0.449. The summed E-state index contributed by atoms with van der Waals surface area (Å²) in [6, 6.07) is 2.12. The molecule has 1 heterocycles. The van der Waals surface area contributed by atoms with Crippen molar-refractivity contribution in [3.05, 3.63) is 17.5 Å². The van der Waals surface area contributed by atoms with Gasteiger partial charge < -0.3 is 10.6 Å². The zero-order valence-electron chi connectivity index (χ0n) is 15.4. The first-order valence-corrected chi connectivity index (χ1v) is 9.98. The third-order valence-electron chi connectivity index (χ3n) is 3.56. The summed E-state index contributed by atoms with van der Waals surface area (Å²) in [6.45, 7) is 12.1. The topological polar surface area (TPSA) is 54.2 Å². The lowest BCUT2D eigenvalue weighted by Crippen LogP contribution is -2.38. The van der Waals surface area contributed by atoms with E-state index in [4.69, 9.17) is 4.99 Å². The molecule has 0 radical (unpaired) electrons. The standard InChI is InChI=1S/C17H33N5S/c1-6-18-17(19-9-7-8-10-23-5)20-12-14(2)13-22-16(4)11-15(3)21-22/h11,14H,6-10,12-13H2,1-5H3,(H2,18,19,20). The average molecular weight is 340 g/mol. The van der Waals surface area contributed by atoms with Crippen molar-refractivity contribution in [2.45, 2.75) is 47.1 Å². The van der Waals surface area contributed by atoms with Gasteiger partial charge in [-0.15, -0.1) is 0 Å². The summed E-state index contributed by atoms with van der Waals surface area (Å²) in [7, 11) is 0. The molecule has 132 valence electrons. The molecule has 23 heavy (non-hydrogen) atoms. The normalized spacial score (nSPS) is 13.2. The zero-order valence-corrected chi connectivity index (χ0v) is 16.2. The highest BCUT2D eigenvalue weighted by molar-refractivity contribution is 7.98. The second kappa shape index (κ2) is 11.4. The van der Waals surface area contributed by atoms with Crippen molar-refractivity contribution in [1.82, 2.24) is 20.4 Å². The van der Waals surface area contributed by atoms with Crippen LogP contribution in [0.2, 0.25) is 0 Å². The third kappa shape index (κ3) is 8.30. The van der Waals surface area contributed by atoms with Gasteiger partial charge in [-0.05, 0) is 57.6 Å². The molecule has 0 saturated heterocycles. The highest BCUT2D eigenvalue weighted by atomic mass is 32.2. The van der Waals surface area contributed by atoms with Crippen LogP contribution in [0, 0.1) is 19.8 Å². The van der Waals surface area contributed by atoms with E-state index in [2.05, 4.69) is 53.5 Å². The van der Waals surface area contributed by atoms with Gasteiger partial charge in [-0.2, -0.15) is 16.9 Å². The lowest BCUT2D eigenvalue weighted by Gasteiger charge is -2.14. The van der Waals surface area contributed by atoms with Crippen LogP contribution in [0.25, 0.3) is 0 Å². The van der Waals surface area contributed by atoms with Crippen LogP contribution in [0.3, 0.4) is 0 Å². The van der Waals surface area contributed by atoms with Crippen LogP contribution < -0.4 is 10.6 Å². The van der Waals surface area contributed by atoms with Crippen molar-refractivity contribution in [1.29, 1.82) is 0 Å². The molecule has 1 unspecified atom stereocenters. The van der Waals surface area contributed by atoms with Crippen molar-refractivity contribution >= 4 is 17.7 Å². The first kappa shape index (κ1) is 19.9. The largest absolute Gasteiger partial charge is 0.357 e. The minimum Gasteiger partial charge on any atom is -0.357 e. The van der Waals surface area contributed by atoms with Gasteiger partial charge >= 0.3 is 0 Å². The molecule has 0 aromatic carbocycles. The second-order valence-corrected chi connectivity index (χ2v) is 7.05. The summed E-state index contributed by atoms with van der Waals surface area (Å²) < 4.78 is 2.08. The first-order valence-electron chi connectivity index (χ1n) is 8.59. The van der Waals surface area contributed by atoms with Crippen molar-refractivity contribution in [3.63, 3.8) is 0 Å². The molecule has 0 bridgehead atoms. The number of guanidine groups is 1. The van der Waals surface area contributed by atoms with Crippen molar-refractivity contribution in [2.24, 2.45) is 10.9 Å². The van der Waals surface area contributed by atoms with E-state index in [9.17, 15) is 0 Å². The number of aryl methyl sites for hydroxylation is 2. The van der Waals surface area contributed by atoms with Gasteiger partial charge in [-0.3, -0.25) is 9.67 Å². The van der Waals surface area contributed by atoms with Gasteiger partial charge in [0.2, 0.25) is 0 Å². The summed E-state index contributed by atoms with van der Waals surface area (Å²) in [6.07, 6.45) is 4.59.